The third-order valence-corrected chi connectivity index (χ3v) is 4.24. The van der Waals surface area contributed by atoms with Gasteiger partial charge in [-0.3, -0.25) is 0 Å². The van der Waals surface area contributed by atoms with Crippen molar-refractivity contribution in [2.24, 2.45) is 0 Å². The van der Waals surface area contributed by atoms with Gasteiger partial charge in [-0.15, -0.1) is 0 Å². The summed E-state index contributed by atoms with van der Waals surface area (Å²) in [5, 5.41) is 0. The molecule has 0 aliphatic heterocycles. The number of halogens is 1. The second-order valence-electron chi connectivity index (χ2n) is 3.65. The maximum Gasteiger partial charge on any atom is 0.240 e. The van der Waals surface area contributed by atoms with Crippen LogP contribution in [0.2, 0.25) is 0 Å². The van der Waals surface area contributed by atoms with Crippen molar-refractivity contribution < 1.29 is 17.9 Å². The Morgan fingerprint density at radius 2 is 1.68 bits per heavy atom. The normalized spacial score (nSPS) is 12.0. The first-order chi connectivity index (χ1) is 8.99. The monoisotopic (exact) mass is 351 g/mol. The molecule has 5 nitrogen and oxygen atoms in total. The zero-order chi connectivity index (χ0) is 14.3. The maximum atomic E-state index is 12.0. The lowest BCUT2D eigenvalue weighted by molar-refractivity contribution is -0.130. The molecule has 0 spiro atoms. The Labute approximate surface area is 122 Å². The molecule has 19 heavy (non-hydrogen) atoms. The van der Waals surface area contributed by atoms with E-state index in [1.807, 2.05) is 13.8 Å². The number of benzene rings is 1. The maximum absolute atomic E-state index is 12.0. The van der Waals surface area contributed by atoms with Gasteiger partial charge in [0, 0.05) is 17.7 Å². The van der Waals surface area contributed by atoms with Gasteiger partial charge in [0.1, 0.15) is 0 Å². The summed E-state index contributed by atoms with van der Waals surface area (Å²) in [4.78, 5) is 0.211. The number of nitrogens with one attached hydrogen (secondary N) is 1. The molecule has 1 N–H and O–H groups in total. The van der Waals surface area contributed by atoms with Crippen molar-refractivity contribution in [3.63, 3.8) is 0 Å². The summed E-state index contributed by atoms with van der Waals surface area (Å²) in [5.74, 6) is 0. The molecule has 0 saturated heterocycles. The van der Waals surface area contributed by atoms with Crippen LogP contribution in [-0.4, -0.2) is 34.5 Å². The highest BCUT2D eigenvalue weighted by Gasteiger charge is 2.17. The molecule has 0 aromatic heterocycles. The first kappa shape index (κ1) is 16.6. The smallest absolute Gasteiger partial charge is 0.240 e. The molecular formula is C12H18BrNO4S. The Balaban J connectivity index is 2.66. The van der Waals surface area contributed by atoms with Gasteiger partial charge < -0.3 is 9.47 Å². The Hall–Kier alpha value is -0.470. The van der Waals surface area contributed by atoms with E-state index in [1.54, 1.807) is 12.1 Å². The van der Waals surface area contributed by atoms with Crippen LogP contribution in [0, 0.1) is 0 Å². The highest BCUT2D eigenvalue weighted by molar-refractivity contribution is 9.10. The van der Waals surface area contributed by atoms with Gasteiger partial charge >= 0.3 is 0 Å². The lowest BCUT2D eigenvalue weighted by atomic mass is 10.4. The van der Waals surface area contributed by atoms with E-state index in [0.29, 0.717) is 13.2 Å². The van der Waals surface area contributed by atoms with Crippen LogP contribution >= 0.6 is 15.9 Å². The molecule has 1 aromatic carbocycles. The summed E-state index contributed by atoms with van der Waals surface area (Å²) in [6.07, 6.45) is -0.569. The summed E-state index contributed by atoms with van der Waals surface area (Å²) < 4.78 is 37.9. The summed E-state index contributed by atoms with van der Waals surface area (Å²) >= 11 is 3.26. The number of ether oxygens (including phenoxy) is 2. The van der Waals surface area contributed by atoms with Crippen LogP contribution in [0.1, 0.15) is 13.8 Å². The minimum atomic E-state index is -3.54. The minimum Gasteiger partial charge on any atom is -0.352 e. The van der Waals surface area contributed by atoms with Crippen LogP contribution < -0.4 is 4.72 Å². The van der Waals surface area contributed by atoms with E-state index in [4.69, 9.17) is 9.47 Å². The molecule has 0 amide bonds. The molecule has 0 bridgehead atoms. The second kappa shape index (κ2) is 7.96. The van der Waals surface area contributed by atoms with Crippen LogP contribution in [0.25, 0.3) is 0 Å². The number of sulfonamides is 1. The van der Waals surface area contributed by atoms with Crippen molar-refractivity contribution in [2.45, 2.75) is 25.0 Å². The predicted octanol–water partition coefficient (Wildman–Crippen LogP) is 2.13. The average molecular weight is 352 g/mol. The van der Waals surface area contributed by atoms with Crippen LogP contribution in [0.15, 0.2) is 33.6 Å². The molecule has 0 aliphatic rings. The van der Waals surface area contributed by atoms with Gasteiger partial charge in [-0.25, -0.2) is 13.1 Å². The molecule has 0 unspecified atom stereocenters. The van der Waals surface area contributed by atoms with E-state index in [-0.39, 0.29) is 11.4 Å². The predicted molar refractivity (Wildman–Crippen MR) is 76.4 cm³/mol. The molecule has 108 valence electrons. The number of hydrogen-bond acceptors (Lipinski definition) is 4. The molecule has 7 heteroatoms. The number of rotatable bonds is 8. The Bertz CT molecular complexity index is 469. The average Bonchev–Trinajstić information content (AvgIpc) is 2.37. The molecule has 0 fully saturated rings. The summed E-state index contributed by atoms with van der Waals surface area (Å²) in [6, 6.07) is 6.42. The Kier molecular flexibility index (Phi) is 6.95. The van der Waals surface area contributed by atoms with Crippen molar-refractivity contribution in [1.82, 2.24) is 4.72 Å². The fourth-order valence-electron chi connectivity index (χ4n) is 1.41. The fourth-order valence-corrected chi connectivity index (χ4v) is 2.69. The van der Waals surface area contributed by atoms with Crippen molar-refractivity contribution in [3.8, 4) is 0 Å². The molecular weight excluding hydrogens is 334 g/mol. The molecule has 1 aromatic rings. The van der Waals surface area contributed by atoms with E-state index in [0.717, 1.165) is 4.47 Å². The van der Waals surface area contributed by atoms with E-state index in [1.165, 1.54) is 12.1 Å². The van der Waals surface area contributed by atoms with Crippen molar-refractivity contribution in [3.05, 3.63) is 28.7 Å². The zero-order valence-corrected chi connectivity index (χ0v) is 13.3. The third kappa shape index (κ3) is 5.58. The first-order valence-corrected chi connectivity index (χ1v) is 8.25. The van der Waals surface area contributed by atoms with Gasteiger partial charge in [0.2, 0.25) is 10.0 Å². The topological polar surface area (TPSA) is 64.6 Å². The van der Waals surface area contributed by atoms with Gasteiger partial charge in [0.15, 0.2) is 6.29 Å². The molecule has 0 radical (unpaired) electrons. The van der Waals surface area contributed by atoms with E-state index in [2.05, 4.69) is 20.7 Å². The van der Waals surface area contributed by atoms with E-state index >= 15 is 0 Å². The largest absolute Gasteiger partial charge is 0.352 e. The van der Waals surface area contributed by atoms with Crippen LogP contribution in [0.3, 0.4) is 0 Å². The van der Waals surface area contributed by atoms with Gasteiger partial charge in [0.05, 0.1) is 11.4 Å². The van der Waals surface area contributed by atoms with Crippen molar-refractivity contribution in [2.75, 3.05) is 19.8 Å². The lowest BCUT2D eigenvalue weighted by Crippen LogP contribution is -2.35. The zero-order valence-electron chi connectivity index (χ0n) is 10.9. The lowest BCUT2D eigenvalue weighted by Gasteiger charge is -2.17. The van der Waals surface area contributed by atoms with Crippen LogP contribution in [0.4, 0.5) is 0 Å². The van der Waals surface area contributed by atoms with Gasteiger partial charge in [-0.2, -0.15) is 0 Å². The van der Waals surface area contributed by atoms with Gasteiger partial charge in [-0.05, 0) is 38.1 Å². The molecule has 0 saturated carbocycles. The molecule has 0 atom stereocenters. The van der Waals surface area contributed by atoms with E-state index < -0.39 is 16.3 Å². The van der Waals surface area contributed by atoms with Crippen molar-refractivity contribution in [1.29, 1.82) is 0 Å². The molecule has 1 rings (SSSR count). The van der Waals surface area contributed by atoms with Gasteiger partial charge in [0.25, 0.3) is 0 Å². The van der Waals surface area contributed by atoms with E-state index in [9.17, 15) is 8.42 Å². The fraction of sp³-hybridized carbons (Fsp3) is 0.500. The summed E-state index contributed by atoms with van der Waals surface area (Å²) in [7, 11) is -3.54. The number of hydrogen-bond donors (Lipinski definition) is 1. The van der Waals surface area contributed by atoms with Crippen LogP contribution in [0.5, 0.6) is 0 Å². The van der Waals surface area contributed by atoms with Gasteiger partial charge in [-0.1, -0.05) is 15.9 Å². The first-order valence-electron chi connectivity index (χ1n) is 5.98. The highest BCUT2D eigenvalue weighted by atomic mass is 79.9. The Morgan fingerprint density at radius 1 is 1.16 bits per heavy atom. The molecule has 0 heterocycles. The minimum absolute atomic E-state index is 0.0834. The van der Waals surface area contributed by atoms with Crippen LogP contribution in [-0.2, 0) is 19.5 Å². The Morgan fingerprint density at radius 3 is 2.16 bits per heavy atom. The summed E-state index contributed by atoms with van der Waals surface area (Å²) in [5.41, 5.74) is 0. The van der Waals surface area contributed by atoms with Crippen molar-refractivity contribution >= 4 is 26.0 Å². The quantitative estimate of drug-likeness (QED) is 0.728. The standard InChI is InChI=1S/C12H18BrNO4S/c1-3-17-12(18-4-2)9-14-19(15,16)11-7-5-10(13)6-8-11/h5-8,12,14H,3-4,9H2,1-2H3. The highest BCUT2D eigenvalue weighted by Crippen LogP contribution is 2.14. The second-order valence-corrected chi connectivity index (χ2v) is 6.33. The molecule has 0 aliphatic carbocycles. The third-order valence-electron chi connectivity index (χ3n) is 2.27. The SMILES string of the molecule is CCOC(CNS(=O)(=O)c1ccc(Br)cc1)OCC. The summed E-state index contributed by atoms with van der Waals surface area (Å²) in [6.45, 7) is 4.67.